The minimum absolute atomic E-state index is 0.218. The number of aliphatic hydroxyl groups is 1. The number of ether oxygens (including phenoxy) is 1. The summed E-state index contributed by atoms with van der Waals surface area (Å²) in [6, 6.07) is 9.10. The second kappa shape index (κ2) is 3.84. The number of esters is 1. The van der Waals surface area contributed by atoms with Crippen molar-refractivity contribution in [3.05, 3.63) is 35.9 Å². The fourth-order valence-electron chi connectivity index (χ4n) is 3.21. The van der Waals surface area contributed by atoms with Crippen LogP contribution < -0.4 is 0 Å². The van der Waals surface area contributed by atoms with Crippen molar-refractivity contribution in [2.45, 2.75) is 24.9 Å². The van der Waals surface area contributed by atoms with Gasteiger partial charge in [-0.25, -0.2) is 4.79 Å². The zero-order valence-electron chi connectivity index (χ0n) is 9.63. The van der Waals surface area contributed by atoms with Gasteiger partial charge in [0.25, 0.3) is 0 Å². The number of carbonyl (C=O) groups excluding carboxylic acids is 1. The van der Waals surface area contributed by atoms with Crippen LogP contribution in [0.2, 0.25) is 0 Å². The third kappa shape index (κ3) is 1.75. The molecule has 1 aromatic rings. The summed E-state index contributed by atoms with van der Waals surface area (Å²) in [7, 11) is 0. The Morgan fingerprint density at radius 2 is 2.00 bits per heavy atom. The van der Waals surface area contributed by atoms with Crippen LogP contribution >= 0.6 is 0 Å². The van der Waals surface area contributed by atoms with E-state index in [1.165, 1.54) is 0 Å². The lowest BCUT2D eigenvalue weighted by molar-refractivity contribution is -0.0536. The van der Waals surface area contributed by atoms with Gasteiger partial charge in [0.05, 0.1) is 5.56 Å². The largest absolute Gasteiger partial charge is 0.455 e. The van der Waals surface area contributed by atoms with Gasteiger partial charge in [-0.2, -0.15) is 0 Å². The first-order valence-corrected chi connectivity index (χ1v) is 6.12. The van der Waals surface area contributed by atoms with E-state index in [0.29, 0.717) is 17.4 Å². The van der Waals surface area contributed by atoms with E-state index in [9.17, 15) is 9.90 Å². The van der Waals surface area contributed by atoms with Crippen molar-refractivity contribution in [2.24, 2.45) is 11.8 Å². The van der Waals surface area contributed by atoms with Gasteiger partial charge in [0, 0.05) is 6.61 Å². The highest BCUT2D eigenvalue weighted by Gasteiger charge is 2.58. The van der Waals surface area contributed by atoms with Crippen molar-refractivity contribution in [3.8, 4) is 0 Å². The Kier molecular flexibility index (Phi) is 2.44. The van der Waals surface area contributed by atoms with Gasteiger partial charge < -0.3 is 9.84 Å². The van der Waals surface area contributed by atoms with Crippen LogP contribution in [0.3, 0.4) is 0 Å². The molecule has 17 heavy (non-hydrogen) atoms. The lowest BCUT2D eigenvalue weighted by Gasteiger charge is -2.37. The van der Waals surface area contributed by atoms with Gasteiger partial charge in [0.15, 0.2) is 0 Å². The average Bonchev–Trinajstić information content (AvgIpc) is 2.84. The molecule has 90 valence electrons. The molecule has 3 heteroatoms. The van der Waals surface area contributed by atoms with E-state index in [2.05, 4.69) is 0 Å². The molecule has 0 unspecified atom stereocenters. The molecular weight excluding hydrogens is 216 g/mol. The van der Waals surface area contributed by atoms with E-state index in [0.717, 1.165) is 19.3 Å². The molecule has 0 saturated heterocycles. The zero-order valence-corrected chi connectivity index (χ0v) is 9.63. The first-order valence-electron chi connectivity index (χ1n) is 6.12. The number of carbonyl (C=O) groups is 1. The number of benzene rings is 1. The van der Waals surface area contributed by atoms with Gasteiger partial charge in [-0.15, -0.1) is 0 Å². The van der Waals surface area contributed by atoms with E-state index in [1.807, 2.05) is 18.2 Å². The summed E-state index contributed by atoms with van der Waals surface area (Å²) >= 11 is 0. The minimum Gasteiger partial charge on any atom is -0.455 e. The second-order valence-corrected chi connectivity index (χ2v) is 5.25. The fourth-order valence-corrected chi connectivity index (χ4v) is 3.21. The predicted molar refractivity (Wildman–Crippen MR) is 62.5 cm³/mol. The molecule has 3 nitrogen and oxygen atoms in total. The van der Waals surface area contributed by atoms with Crippen LogP contribution in [0.25, 0.3) is 0 Å². The van der Waals surface area contributed by atoms with Gasteiger partial charge >= 0.3 is 5.97 Å². The van der Waals surface area contributed by atoms with Crippen molar-refractivity contribution in [1.29, 1.82) is 0 Å². The molecule has 3 aliphatic carbocycles. The van der Waals surface area contributed by atoms with E-state index < -0.39 is 0 Å². The second-order valence-electron chi connectivity index (χ2n) is 5.25. The van der Waals surface area contributed by atoms with E-state index in [1.54, 1.807) is 12.1 Å². The van der Waals surface area contributed by atoms with Gasteiger partial charge in [0.1, 0.15) is 5.60 Å². The van der Waals surface area contributed by atoms with Crippen LogP contribution in [-0.4, -0.2) is 23.3 Å². The highest BCUT2D eigenvalue weighted by molar-refractivity contribution is 5.89. The molecule has 2 bridgehead atoms. The summed E-state index contributed by atoms with van der Waals surface area (Å²) < 4.78 is 5.63. The maximum atomic E-state index is 11.9. The maximum Gasteiger partial charge on any atom is 0.338 e. The summed E-state index contributed by atoms with van der Waals surface area (Å²) in [5.41, 5.74) is 0.336. The van der Waals surface area contributed by atoms with Crippen molar-refractivity contribution in [1.82, 2.24) is 0 Å². The van der Waals surface area contributed by atoms with Crippen molar-refractivity contribution in [3.63, 3.8) is 0 Å². The molecule has 4 rings (SSSR count). The number of fused-ring (bicyclic) bond motifs is 1. The third-order valence-corrected chi connectivity index (χ3v) is 4.12. The molecule has 1 N–H and O–H groups in total. The van der Waals surface area contributed by atoms with Crippen LogP contribution in [0.15, 0.2) is 30.3 Å². The standard InChI is InChI=1S/C14H16O3/c15-9-12-8-14(6-11(12)7-14)17-13(16)10-4-2-1-3-5-10/h1-5,11-12,15H,6-9H2/t11?,12-,14?/m0/s1. The highest BCUT2D eigenvalue weighted by Crippen LogP contribution is 2.57. The van der Waals surface area contributed by atoms with E-state index in [4.69, 9.17) is 4.74 Å². The van der Waals surface area contributed by atoms with E-state index in [-0.39, 0.29) is 18.2 Å². The first kappa shape index (κ1) is 10.8. The van der Waals surface area contributed by atoms with Crippen LogP contribution in [-0.2, 0) is 4.74 Å². The third-order valence-electron chi connectivity index (χ3n) is 4.12. The molecule has 1 atom stereocenters. The highest BCUT2D eigenvalue weighted by atomic mass is 16.6. The van der Waals surface area contributed by atoms with Gasteiger partial charge in [-0.3, -0.25) is 0 Å². The van der Waals surface area contributed by atoms with Gasteiger partial charge in [-0.1, -0.05) is 18.2 Å². The Morgan fingerprint density at radius 1 is 1.29 bits per heavy atom. The molecule has 3 fully saturated rings. The van der Waals surface area contributed by atoms with Crippen molar-refractivity contribution in [2.75, 3.05) is 6.61 Å². The summed E-state index contributed by atoms with van der Waals surface area (Å²) in [5, 5.41) is 9.19. The maximum absolute atomic E-state index is 11.9. The predicted octanol–water partition coefficient (Wildman–Crippen LogP) is 2.00. The Hall–Kier alpha value is -1.35. The minimum atomic E-state index is -0.273. The average molecular weight is 232 g/mol. The molecule has 0 spiro atoms. The topological polar surface area (TPSA) is 46.5 Å². The Balaban J connectivity index is 1.68. The van der Waals surface area contributed by atoms with Crippen molar-refractivity contribution >= 4 is 5.97 Å². The van der Waals surface area contributed by atoms with Crippen LogP contribution in [0, 0.1) is 11.8 Å². The van der Waals surface area contributed by atoms with Crippen LogP contribution in [0.1, 0.15) is 29.6 Å². The SMILES string of the molecule is O=C(OC12CC(C1)[C@H](CO)C2)c1ccccc1. The number of hydrogen-bond donors (Lipinski definition) is 1. The lowest BCUT2D eigenvalue weighted by atomic mass is 9.78. The molecule has 3 aliphatic rings. The number of hydrogen-bond acceptors (Lipinski definition) is 3. The molecule has 0 aliphatic heterocycles. The molecule has 3 saturated carbocycles. The molecule has 0 heterocycles. The number of rotatable bonds is 3. The Bertz CT molecular complexity index is 420. The van der Waals surface area contributed by atoms with Gasteiger partial charge in [0.2, 0.25) is 0 Å². The Labute approximate surface area is 100 Å². The van der Waals surface area contributed by atoms with Crippen molar-refractivity contribution < 1.29 is 14.6 Å². The summed E-state index contributed by atoms with van der Waals surface area (Å²) in [6.07, 6.45) is 2.68. The Morgan fingerprint density at radius 3 is 2.59 bits per heavy atom. The molecule has 0 amide bonds. The fraction of sp³-hybridized carbons (Fsp3) is 0.500. The molecule has 0 radical (unpaired) electrons. The molecular formula is C14H16O3. The lowest BCUT2D eigenvalue weighted by Crippen LogP contribution is -2.40. The van der Waals surface area contributed by atoms with Gasteiger partial charge in [-0.05, 0) is 43.2 Å². The van der Waals surface area contributed by atoms with E-state index >= 15 is 0 Å². The monoisotopic (exact) mass is 232 g/mol. The quantitative estimate of drug-likeness (QED) is 0.811. The molecule has 0 aromatic heterocycles. The van der Waals surface area contributed by atoms with Crippen LogP contribution in [0.4, 0.5) is 0 Å². The first-order chi connectivity index (χ1) is 8.22. The smallest absolute Gasteiger partial charge is 0.338 e. The summed E-state index contributed by atoms with van der Waals surface area (Å²) in [5.74, 6) is 0.657. The molecule has 1 aromatic carbocycles. The van der Waals surface area contributed by atoms with Crippen LogP contribution in [0.5, 0.6) is 0 Å². The normalized spacial score (nSPS) is 34.2. The summed E-state index contributed by atoms with van der Waals surface area (Å²) in [6.45, 7) is 0.218. The summed E-state index contributed by atoms with van der Waals surface area (Å²) in [4.78, 5) is 11.9. The zero-order chi connectivity index (χ0) is 11.9. The number of aliphatic hydroxyl groups excluding tert-OH is 1.